The van der Waals surface area contributed by atoms with Crippen LogP contribution >= 0.6 is 0 Å². The van der Waals surface area contributed by atoms with Gasteiger partial charge < -0.3 is 5.32 Å². The minimum atomic E-state index is -0.0773. The summed E-state index contributed by atoms with van der Waals surface area (Å²) in [5.74, 6) is -0.0773. The Bertz CT molecular complexity index is 712. The summed E-state index contributed by atoms with van der Waals surface area (Å²) in [6.07, 6.45) is 3.86. The van der Waals surface area contributed by atoms with Gasteiger partial charge in [-0.1, -0.05) is 13.0 Å². The number of tetrazole rings is 1. The quantitative estimate of drug-likeness (QED) is 0.900. The van der Waals surface area contributed by atoms with Crippen LogP contribution in [0.2, 0.25) is 0 Å². The van der Waals surface area contributed by atoms with E-state index in [2.05, 4.69) is 32.7 Å². The fraction of sp³-hybridized carbons (Fsp3) is 0.529. The predicted molar refractivity (Wildman–Crippen MR) is 91.2 cm³/mol. The maximum atomic E-state index is 12.8. The number of carbonyl (C=O) groups excluding carboxylic acids is 1. The van der Waals surface area contributed by atoms with Crippen LogP contribution in [-0.4, -0.2) is 56.7 Å². The Hall–Kier alpha value is -2.28. The molecule has 0 saturated carbocycles. The first kappa shape index (κ1) is 16.6. The summed E-state index contributed by atoms with van der Waals surface area (Å²) in [5, 5.41) is 14.4. The fourth-order valence-electron chi connectivity index (χ4n) is 3.39. The van der Waals surface area contributed by atoms with E-state index in [4.69, 9.17) is 0 Å². The number of hydrogen-bond donors (Lipinski definition) is 1. The van der Waals surface area contributed by atoms with Crippen molar-refractivity contribution in [3.8, 4) is 5.69 Å². The second-order valence-electron chi connectivity index (χ2n) is 6.29. The highest BCUT2D eigenvalue weighted by Gasteiger charge is 2.24. The van der Waals surface area contributed by atoms with Crippen molar-refractivity contribution in [1.29, 1.82) is 0 Å². The lowest BCUT2D eigenvalue weighted by atomic mass is 10.0. The number of benzene rings is 1. The van der Waals surface area contributed by atoms with E-state index in [1.165, 1.54) is 12.7 Å². The van der Waals surface area contributed by atoms with Gasteiger partial charge in [-0.05, 0) is 67.4 Å². The largest absolute Gasteiger partial charge is 0.350 e. The number of nitrogens with one attached hydrogen (secondary N) is 1. The molecular weight excluding hydrogens is 304 g/mol. The molecule has 2 aromatic rings. The van der Waals surface area contributed by atoms with Crippen molar-refractivity contribution in [2.45, 2.75) is 39.7 Å². The Labute approximate surface area is 142 Å². The number of likely N-dealkylation sites (N-methyl/N-ethyl adjacent to an activating group) is 1. The zero-order valence-electron chi connectivity index (χ0n) is 14.5. The first-order chi connectivity index (χ1) is 11.6. The van der Waals surface area contributed by atoms with Gasteiger partial charge in [0.1, 0.15) is 6.33 Å². The molecule has 1 atom stereocenters. The summed E-state index contributed by atoms with van der Waals surface area (Å²) in [6, 6.07) is 4.24. The van der Waals surface area contributed by atoms with Gasteiger partial charge in [-0.25, -0.2) is 0 Å². The van der Waals surface area contributed by atoms with E-state index in [0.717, 1.165) is 36.3 Å². The van der Waals surface area contributed by atoms with Crippen LogP contribution in [0, 0.1) is 13.8 Å². The van der Waals surface area contributed by atoms with Gasteiger partial charge in [0.05, 0.1) is 11.3 Å². The minimum absolute atomic E-state index is 0.0773. The summed E-state index contributed by atoms with van der Waals surface area (Å²) in [4.78, 5) is 15.2. The first-order valence-corrected chi connectivity index (χ1v) is 8.47. The summed E-state index contributed by atoms with van der Waals surface area (Å²) in [6.45, 7) is 8.99. The van der Waals surface area contributed by atoms with Gasteiger partial charge in [0.25, 0.3) is 5.91 Å². The van der Waals surface area contributed by atoms with E-state index in [1.807, 2.05) is 26.0 Å². The van der Waals surface area contributed by atoms with Crippen LogP contribution in [0.3, 0.4) is 0 Å². The Morgan fingerprint density at radius 2 is 2.21 bits per heavy atom. The maximum absolute atomic E-state index is 12.8. The van der Waals surface area contributed by atoms with Crippen LogP contribution in [0.25, 0.3) is 5.69 Å². The van der Waals surface area contributed by atoms with Crippen molar-refractivity contribution in [1.82, 2.24) is 30.4 Å². The van der Waals surface area contributed by atoms with E-state index >= 15 is 0 Å². The molecule has 3 rings (SSSR count). The number of hydrogen-bond acceptors (Lipinski definition) is 5. The average Bonchev–Trinajstić information content (AvgIpc) is 3.25. The second kappa shape index (κ2) is 7.09. The lowest BCUT2D eigenvalue weighted by molar-refractivity contribution is 0.0941. The van der Waals surface area contributed by atoms with Crippen molar-refractivity contribution < 1.29 is 4.79 Å². The van der Waals surface area contributed by atoms with Crippen LogP contribution in [0.1, 0.15) is 41.3 Å². The molecule has 0 radical (unpaired) electrons. The number of aryl methyl sites for hydroxylation is 1. The molecule has 1 fully saturated rings. The molecule has 1 N–H and O–H groups in total. The molecule has 0 bridgehead atoms. The van der Waals surface area contributed by atoms with Crippen LogP contribution in [-0.2, 0) is 0 Å². The molecule has 1 aliphatic rings. The zero-order valence-corrected chi connectivity index (χ0v) is 14.5. The normalized spacial score (nSPS) is 18.0. The molecule has 0 spiro atoms. The van der Waals surface area contributed by atoms with Gasteiger partial charge in [0, 0.05) is 12.6 Å². The van der Waals surface area contributed by atoms with Gasteiger partial charge >= 0.3 is 0 Å². The highest BCUT2D eigenvalue weighted by Crippen LogP contribution is 2.22. The predicted octanol–water partition coefficient (Wildman–Crippen LogP) is 1.49. The standard InChI is InChI=1S/C17H24N6O/c1-4-22-9-5-6-14(22)10-18-17(24)15-8-7-12(2)13(3)16(15)23-11-19-20-21-23/h7-8,11,14H,4-6,9-10H2,1-3H3,(H,18,24). The van der Waals surface area contributed by atoms with Gasteiger partial charge in [0.15, 0.2) is 0 Å². The number of rotatable bonds is 5. The maximum Gasteiger partial charge on any atom is 0.253 e. The van der Waals surface area contributed by atoms with Gasteiger partial charge in [-0.3, -0.25) is 9.69 Å². The Balaban J connectivity index is 1.81. The highest BCUT2D eigenvalue weighted by atomic mass is 16.1. The number of nitrogens with zero attached hydrogens (tertiary/aromatic N) is 5. The van der Waals surface area contributed by atoms with Crippen LogP contribution in [0.5, 0.6) is 0 Å². The van der Waals surface area contributed by atoms with Gasteiger partial charge in [-0.15, -0.1) is 5.10 Å². The molecule has 128 valence electrons. The number of likely N-dealkylation sites (tertiary alicyclic amines) is 1. The first-order valence-electron chi connectivity index (χ1n) is 8.47. The molecule has 1 amide bonds. The van der Waals surface area contributed by atoms with Gasteiger partial charge in [-0.2, -0.15) is 4.68 Å². The lowest BCUT2D eigenvalue weighted by Crippen LogP contribution is -2.40. The molecule has 1 saturated heterocycles. The van der Waals surface area contributed by atoms with E-state index < -0.39 is 0 Å². The van der Waals surface area contributed by atoms with Crippen molar-refractivity contribution in [3.05, 3.63) is 35.2 Å². The third kappa shape index (κ3) is 3.17. The Morgan fingerprint density at radius 3 is 2.92 bits per heavy atom. The molecule has 1 unspecified atom stereocenters. The van der Waals surface area contributed by atoms with E-state index in [0.29, 0.717) is 18.2 Å². The van der Waals surface area contributed by atoms with Crippen molar-refractivity contribution in [2.24, 2.45) is 0 Å². The van der Waals surface area contributed by atoms with Crippen molar-refractivity contribution in [3.63, 3.8) is 0 Å². The Morgan fingerprint density at radius 1 is 1.38 bits per heavy atom. The van der Waals surface area contributed by atoms with E-state index in [9.17, 15) is 4.79 Å². The molecule has 1 aromatic carbocycles. The third-order valence-electron chi connectivity index (χ3n) is 4.93. The summed E-state index contributed by atoms with van der Waals surface area (Å²) < 4.78 is 1.56. The highest BCUT2D eigenvalue weighted by molar-refractivity contribution is 5.98. The van der Waals surface area contributed by atoms with Crippen LogP contribution < -0.4 is 5.32 Å². The molecule has 1 aromatic heterocycles. The number of amides is 1. The molecule has 2 heterocycles. The molecule has 1 aliphatic heterocycles. The molecule has 0 aliphatic carbocycles. The summed E-state index contributed by atoms with van der Waals surface area (Å²) in [5.41, 5.74) is 3.46. The van der Waals surface area contributed by atoms with E-state index in [-0.39, 0.29) is 5.91 Å². The van der Waals surface area contributed by atoms with Crippen LogP contribution in [0.15, 0.2) is 18.5 Å². The van der Waals surface area contributed by atoms with Crippen molar-refractivity contribution >= 4 is 5.91 Å². The fourth-order valence-corrected chi connectivity index (χ4v) is 3.39. The molecular formula is C17H24N6O. The molecule has 7 heteroatoms. The van der Waals surface area contributed by atoms with Gasteiger partial charge in [0.2, 0.25) is 0 Å². The average molecular weight is 328 g/mol. The lowest BCUT2D eigenvalue weighted by Gasteiger charge is -2.23. The van der Waals surface area contributed by atoms with Crippen molar-refractivity contribution in [2.75, 3.05) is 19.6 Å². The SMILES string of the molecule is CCN1CCCC1CNC(=O)c1ccc(C)c(C)c1-n1cnnn1. The molecule has 24 heavy (non-hydrogen) atoms. The van der Waals surface area contributed by atoms with Crippen LogP contribution in [0.4, 0.5) is 0 Å². The smallest absolute Gasteiger partial charge is 0.253 e. The Kier molecular flexibility index (Phi) is 4.89. The zero-order chi connectivity index (χ0) is 17.1. The third-order valence-corrected chi connectivity index (χ3v) is 4.93. The minimum Gasteiger partial charge on any atom is -0.350 e. The summed E-state index contributed by atoms with van der Waals surface area (Å²) >= 11 is 0. The summed E-state index contributed by atoms with van der Waals surface area (Å²) in [7, 11) is 0. The monoisotopic (exact) mass is 328 g/mol. The van der Waals surface area contributed by atoms with E-state index in [1.54, 1.807) is 4.68 Å². The topological polar surface area (TPSA) is 75.9 Å². The molecule has 7 nitrogen and oxygen atoms in total. The second-order valence-corrected chi connectivity index (χ2v) is 6.29. The number of aromatic nitrogens is 4. The number of carbonyl (C=O) groups is 1.